The van der Waals surface area contributed by atoms with Gasteiger partial charge in [0.15, 0.2) is 0 Å². The van der Waals surface area contributed by atoms with Gasteiger partial charge in [0.1, 0.15) is 16.2 Å². The number of para-hydroxylation sites is 3. The van der Waals surface area contributed by atoms with Crippen LogP contribution in [0.2, 0.25) is 0 Å². The third kappa shape index (κ3) is 4.27. The summed E-state index contributed by atoms with van der Waals surface area (Å²) in [5, 5.41) is 6.63. The Bertz CT molecular complexity index is 2810. The summed E-state index contributed by atoms with van der Waals surface area (Å²) in [4.78, 5) is 10.2. The van der Waals surface area contributed by atoms with Crippen molar-refractivity contribution in [2.45, 2.75) is 0 Å². The molecule has 10 aromatic rings. The lowest BCUT2D eigenvalue weighted by molar-refractivity contribution is 0.669. The van der Waals surface area contributed by atoms with Gasteiger partial charge in [-0.1, -0.05) is 115 Å². The second kappa shape index (κ2) is 10.7. The summed E-state index contributed by atoms with van der Waals surface area (Å²) in [6.45, 7) is 0. The molecule has 0 N–H and O–H groups in total. The molecule has 0 unspecified atom stereocenters. The lowest BCUT2D eigenvalue weighted by Gasteiger charge is -2.16. The van der Waals surface area contributed by atoms with E-state index in [0.29, 0.717) is 0 Å². The lowest BCUT2D eigenvalue weighted by Crippen LogP contribution is -1.93. The molecule has 10 rings (SSSR count). The summed E-state index contributed by atoms with van der Waals surface area (Å²) in [6, 6.07) is 55.5. The molecule has 0 aliphatic heterocycles. The fourth-order valence-electron chi connectivity index (χ4n) is 7.10. The van der Waals surface area contributed by atoms with E-state index in [1.807, 2.05) is 18.2 Å². The van der Waals surface area contributed by atoms with E-state index in [4.69, 9.17) is 14.4 Å². The van der Waals surface area contributed by atoms with Crippen LogP contribution in [0.25, 0.3) is 97.9 Å². The Morgan fingerprint density at radius 1 is 0.417 bits per heavy atom. The summed E-state index contributed by atoms with van der Waals surface area (Å²) < 4.78 is 7.79. The maximum absolute atomic E-state index is 6.60. The van der Waals surface area contributed by atoms with Crippen LogP contribution >= 0.6 is 11.3 Å². The molecule has 0 aliphatic carbocycles. The van der Waals surface area contributed by atoms with Crippen LogP contribution in [0.1, 0.15) is 0 Å². The predicted octanol–water partition coefficient (Wildman–Crippen LogP) is 12.6. The highest BCUT2D eigenvalue weighted by Crippen LogP contribution is 2.46. The molecule has 7 aromatic carbocycles. The van der Waals surface area contributed by atoms with Crippen molar-refractivity contribution in [1.82, 2.24) is 9.97 Å². The Morgan fingerprint density at radius 2 is 1.06 bits per heavy atom. The number of hydrogen-bond donors (Lipinski definition) is 0. The van der Waals surface area contributed by atoms with Crippen LogP contribution in [0.5, 0.6) is 0 Å². The first-order valence-electron chi connectivity index (χ1n) is 16.1. The minimum Gasteiger partial charge on any atom is -0.456 e. The zero-order valence-electron chi connectivity index (χ0n) is 25.7. The highest BCUT2D eigenvalue weighted by Gasteiger charge is 2.22. The van der Waals surface area contributed by atoms with E-state index in [9.17, 15) is 0 Å². The molecule has 3 nitrogen and oxygen atoms in total. The summed E-state index contributed by atoms with van der Waals surface area (Å²) in [5.41, 5.74) is 11.5. The quantitative estimate of drug-likeness (QED) is 0.182. The summed E-state index contributed by atoms with van der Waals surface area (Å²) in [6.07, 6.45) is 0. The van der Waals surface area contributed by atoms with Crippen LogP contribution in [0.3, 0.4) is 0 Å². The summed E-state index contributed by atoms with van der Waals surface area (Å²) >= 11 is 1.73. The van der Waals surface area contributed by atoms with E-state index < -0.39 is 0 Å². The van der Waals surface area contributed by atoms with Gasteiger partial charge in [0.05, 0.1) is 21.4 Å². The molecule has 0 amide bonds. The molecule has 0 aliphatic rings. The van der Waals surface area contributed by atoms with Crippen molar-refractivity contribution in [3.8, 4) is 44.1 Å². The molecular weight excluding hydrogens is 605 g/mol. The summed E-state index contributed by atoms with van der Waals surface area (Å²) in [7, 11) is 0. The largest absolute Gasteiger partial charge is 0.456 e. The zero-order chi connectivity index (χ0) is 31.6. The fourth-order valence-corrected chi connectivity index (χ4v) is 8.07. The molecule has 3 aromatic heterocycles. The van der Waals surface area contributed by atoms with E-state index in [1.165, 1.54) is 10.1 Å². The minimum absolute atomic E-state index is 0.858. The van der Waals surface area contributed by atoms with Gasteiger partial charge >= 0.3 is 0 Å². The van der Waals surface area contributed by atoms with Crippen LogP contribution in [0, 0.1) is 0 Å². The molecule has 0 radical (unpaired) electrons. The smallest absolute Gasteiger partial charge is 0.136 e. The molecule has 3 heterocycles. The van der Waals surface area contributed by atoms with E-state index >= 15 is 0 Å². The maximum Gasteiger partial charge on any atom is 0.136 e. The normalized spacial score (nSPS) is 11.8. The number of nitrogens with zero attached hydrogens (tertiary/aromatic N) is 2. The molecular formula is C44H26N2OS. The van der Waals surface area contributed by atoms with Gasteiger partial charge in [0, 0.05) is 43.6 Å². The van der Waals surface area contributed by atoms with Crippen molar-refractivity contribution in [2.24, 2.45) is 0 Å². The number of pyridine rings is 1. The second-order valence-corrected chi connectivity index (χ2v) is 13.2. The number of fused-ring (bicyclic) bond motifs is 7. The molecule has 0 saturated carbocycles. The van der Waals surface area contributed by atoms with Gasteiger partial charge < -0.3 is 4.42 Å². The molecule has 4 heteroatoms. The van der Waals surface area contributed by atoms with Crippen LogP contribution < -0.4 is 0 Å². The van der Waals surface area contributed by atoms with Gasteiger partial charge in [-0.3, -0.25) is 0 Å². The van der Waals surface area contributed by atoms with Crippen LogP contribution in [-0.2, 0) is 0 Å². The predicted molar refractivity (Wildman–Crippen MR) is 201 cm³/mol. The number of thiazole rings is 1. The van der Waals surface area contributed by atoms with Crippen LogP contribution in [0.15, 0.2) is 162 Å². The van der Waals surface area contributed by atoms with Crippen LogP contribution in [-0.4, -0.2) is 9.97 Å². The fraction of sp³-hybridized carbons (Fsp3) is 0. The van der Waals surface area contributed by atoms with Gasteiger partial charge in [0.25, 0.3) is 0 Å². The molecule has 48 heavy (non-hydrogen) atoms. The van der Waals surface area contributed by atoms with Gasteiger partial charge in [0.2, 0.25) is 0 Å². The Morgan fingerprint density at radius 3 is 1.90 bits per heavy atom. The Hall–Kier alpha value is -6.10. The monoisotopic (exact) mass is 630 g/mol. The molecule has 0 bridgehead atoms. The first kappa shape index (κ1) is 27.1. The number of rotatable bonds is 4. The highest BCUT2D eigenvalue weighted by molar-refractivity contribution is 7.21. The Labute approximate surface area is 280 Å². The Balaban J connectivity index is 1.26. The molecule has 0 saturated heterocycles. The van der Waals surface area contributed by atoms with Gasteiger partial charge in [-0.05, 0) is 59.2 Å². The SMILES string of the molecule is c1ccc(-c2nc3ccccc3c3c(-c4cccc(-c5cccc(-c6nc7ccccc7s6)c5)c4)c4c(cc23)oc2ccccc24)cc1. The molecule has 0 atom stereocenters. The number of furan rings is 1. The highest BCUT2D eigenvalue weighted by atomic mass is 32.1. The maximum atomic E-state index is 6.60. The van der Waals surface area contributed by atoms with Crippen molar-refractivity contribution in [2.75, 3.05) is 0 Å². The average molecular weight is 631 g/mol. The van der Waals surface area contributed by atoms with E-state index in [-0.39, 0.29) is 0 Å². The number of benzene rings is 7. The van der Waals surface area contributed by atoms with Crippen molar-refractivity contribution in [1.29, 1.82) is 0 Å². The van der Waals surface area contributed by atoms with Gasteiger partial charge in [-0.2, -0.15) is 0 Å². The third-order valence-corrected chi connectivity index (χ3v) is 10.3. The zero-order valence-corrected chi connectivity index (χ0v) is 26.5. The second-order valence-electron chi connectivity index (χ2n) is 12.1. The third-order valence-electron chi connectivity index (χ3n) is 9.26. The first-order valence-corrected chi connectivity index (χ1v) is 16.9. The van der Waals surface area contributed by atoms with Crippen molar-refractivity contribution >= 4 is 65.2 Å². The minimum atomic E-state index is 0.858. The van der Waals surface area contributed by atoms with Crippen LogP contribution in [0.4, 0.5) is 0 Å². The standard InChI is InChI=1S/C44H26N2OS/c1-2-12-27(13-3-1)43-34-26-38-42(33-19-5-8-22-37(33)47-38)40(41(34)32-18-4-6-20-35(32)45-43)30-16-10-14-28(24-30)29-15-11-17-31(25-29)44-46-36-21-7-9-23-39(36)48-44/h1-26H. The van der Waals surface area contributed by atoms with E-state index in [0.717, 1.165) is 87.8 Å². The number of aromatic nitrogens is 2. The van der Waals surface area contributed by atoms with Crippen molar-refractivity contribution < 1.29 is 4.42 Å². The van der Waals surface area contributed by atoms with Gasteiger partial charge in [-0.15, -0.1) is 11.3 Å². The van der Waals surface area contributed by atoms with Crippen molar-refractivity contribution in [3.63, 3.8) is 0 Å². The van der Waals surface area contributed by atoms with E-state index in [1.54, 1.807) is 11.3 Å². The van der Waals surface area contributed by atoms with Crippen molar-refractivity contribution in [3.05, 3.63) is 158 Å². The molecule has 224 valence electrons. The molecule has 0 spiro atoms. The van der Waals surface area contributed by atoms with E-state index in [2.05, 4.69) is 140 Å². The molecule has 0 fully saturated rings. The average Bonchev–Trinajstić information content (AvgIpc) is 3.76. The lowest BCUT2D eigenvalue weighted by atomic mass is 9.88. The van der Waals surface area contributed by atoms with Gasteiger partial charge in [-0.25, -0.2) is 9.97 Å². The topological polar surface area (TPSA) is 38.9 Å². The number of hydrogen-bond acceptors (Lipinski definition) is 4. The first-order chi connectivity index (χ1) is 23.8. The Kier molecular flexibility index (Phi) is 6.05. The summed E-state index contributed by atoms with van der Waals surface area (Å²) in [5.74, 6) is 0.